The molecular weight excluding hydrogens is 396 g/mol. The van der Waals surface area contributed by atoms with Gasteiger partial charge in [-0.05, 0) is 77.3 Å². The van der Waals surface area contributed by atoms with Crippen LogP contribution in [0.5, 0.6) is 0 Å². The van der Waals surface area contributed by atoms with Gasteiger partial charge in [0, 0.05) is 54.6 Å². The lowest BCUT2D eigenvalue weighted by atomic mass is 9.77. The Bertz CT molecular complexity index is 1300. The topological polar surface area (TPSA) is 69.8 Å². The molecule has 3 heterocycles. The van der Waals surface area contributed by atoms with Crippen LogP contribution in [-0.4, -0.2) is 29.5 Å². The minimum atomic E-state index is -0.0764. The normalized spacial score (nSPS) is 17.2. The van der Waals surface area contributed by atoms with Crippen molar-refractivity contribution in [3.63, 3.8) is 0 Å². The number of hydrogen-bond donors (Lipinski definition) is 3. The van der Waals surface area contributed by atoms with Gasteiger partial charge < -0.3 is 15.6 Å². The molecule has 2 aromatic heterocycles. The van der Waals surface area contributed by atoms with Crippen LogP contribution < -0.4 is 10.6 Å². The Labute approximate surface area is 187 Å². The molecule has 1 atom stereocenters. The first-order chi connectivity index (χ1) is 15.7. The van der Waals surface area contributed by atoms with Crippen molar-refractivity contribution < 1.29 is 4.79 Å². The molecule has 2 aliphatic rings. The van der Waals surface area contributed by atoms with Gasteiger partial charge in [0.1, 0.15) is 5.65 Å². The quantitative estimate of drug-likeness (QED) is 0.445. The summed E-state index contributed by atoms with van der Waals surface area (Å²) in [4.78, 5) is 19.9. The fourth-order valence-electron chi connectivity index (χ4n) is 5.44. The Kier molecular flexibility index (Phi) is 4.58. The molecule has 0 radical (unpaired) electrons. The average Bonchev–Trinajstić information content (AvgIpc) is 3.27. The number of hydrogen-bond acceptors (Lipinski definition) is 3. The maximum Gasteiger partial charge on any atom is 0.251 e. The molecule has 1 aliphatic carbocycles. The summed E-state index contributed by atoms with van der Waals surface area (Å²) in [6.07, 6.45) is 7.72. The van der Waals surface area contributed by atoms with E-state index in [4.69, 9.17) is 4.98 Å². The Morgan fingerprint density at radius 2 is 1.91 bits per heavy atom. The first kappa shape index (κ1) is 19.3. The molecule has 0 bridgehead atoms. The molecule has 32 heavy (non-hydrogen) atoms. The van der Waals surface area contributed by atoms with E-state index in [0.29, 0.717) is 11.5 Å². The van der Waals surface area contributed by atoms with E-state index in [0.717, 1.165) is 40.8 Å². The Balaban J connectivity index is 1.42. The van der Waals surface area contributed by atoms with E-state index in [1.165, 1.54) is 36.0 Å². The zero-order valence-electron chi connectivity index (χ0n) is 18.2. The molecule has 5 heteroatoms. The number of aromatic nitrogens is 2. The van der Waals surface area contributed by atoms with Crippen LogP contribution in [0.4, 0.5) is 0 Å². The summed E-state index contributed by atoms with van der Waals surface area (Å²) in [5.41, 5.74) is 10.7. The van der Waals surface area contributed by atoms with Crippen LogP contribution in [0.15, 0.2) is 54.9 Å². The predicted molar refractivity (Wildman–Crippen MR) is 128 cm³/mol. The number of pyridine rings is 1. The van der Waals surface area contributed by atoms with Gasteiger partial charge >= 0.3 is 0 Å². The number of nitrogens with one attached hydrogen (secondary N) is 3. The van der Waals surface area contributed by atoms with Gasteiger partial charge in [-0.1, -0.05) is 18.2 Å². The minimum Gasteiger partial charge on any atom is -0.355 e. The molecule has 1 amide bonds. The van der Waals surface area contributed by atoms with E-state index in [1.54, 1.807) is 12.6 Å². The molecular formula is C27H26N4O. The standard InChI is InChI=1S/C27H26N4O/c1-28-27(32)17-7-5-16(6-8-17)24-15-31-26-23(24)11-21(14-30-26)20-9-18-3-2-4-19-12-29-13-22(10-20)25(18)19/h5-11,14-15,19,29H,2-4,12-13H2,1H3,(H,28,32)(H,30,31). The number of carbonyl (C=O) groups excluding carboxylic acids is 1. The van der Waals surface area contributed by atoms with Crippen LogP contribution in [-0.2, 0) is 13.0 Å². The summed E-state index contributed by atoms with van der Waals surface area (Å²) in [5, 5.41) is 7.37. The highest BCUT2D eigenvalue weighted by molar-refractivity contribution is 5.98. The third kappa shape index (κ3) is 3.12. The summed E-state index contributed by atoms with van der Waals surface area (Å²) in [6, 6.07) is 14.7. The smallest absolute Gasteiger partial charge is 0.251 e. The molecule has 1 aliphatic heterocycles. The van der Waals surface area contributed by atoms with Gasteiger partial charge in [0.05, 0.1) is 0 Å². The molecule has 2 aromatic carbocycles. The molecule has 160 valence electrons. The molecule has 0 saturated carbocycles. The molecule has 0 fully saturated rings. The zero-order chi connectivity index (χ0) is 21.7. The maximum absolute atomic E-state index is 11.9. The predicted octanol–water partition coefficient (Wildman–Crippen LogP) is 4.78. The van der Waals surface area contributed by atoms with E-state index in [2.05, 4.69) is 33.8 Å². The third-order valence-corrected chi connectivity index (χ3v) is 7.01. The summed E-state index contributed by atoms with van der Waals surface area (Å²) in [7, 11) is 1.65. The molecule has 3 N–H and O–H groups in total. The van der Waals surface area contributed by atoms with Gasteiger partial charge in [0.15, 0.2) is 0 Å². The van der Waals surface area contributed by atoms with Gasteiger partial charge in [-0.15, -0.1) is 0 Å². The summed E-state index contributed by atoms with van der Waals surface area (Å²) in [6.45, 7) is 2.06. The van der Waals surface area contributed by atoms with Gasteiger partial charge in [0.2, 0.25) is 0 Å². The molecule has 6 rings (SSSR count). The van der Waals surface area contributed by atoms with Crippen molar-refractivity contribution in [2.45, 2.75) is 31.7 Å². The first-order valence-corrected chi connectivity index (χ1v) is 11.4. The number of aromatic amines is 1. The summed E-state index contributed by atoms with van der Waals surface area (Å²) in [5.74, 6) is 0.596. The largest absolute Gasteiger partial charge is 0.355 e. The Hall–Kier alpha value is -3.44. The number of benzene rings is 2. The van der Waals surface area contributed by atoms with Gasteiger partial charge in [0.25, 0.3) is 5.91 Å². The molecule has 0 saturated heterocycles. The van der Waals surface area contributed by atoms with E-state index in [9.17, 15) is 4.79 Å². The lowest BCUT2D eigenvalue weighted by Gasteiger charge is -2.33. The second-order valence-electron chi connectivity index (χ2n) is 8.91. The number of carbonyl (C=O) groups is 1. The van der Waals surface area contributed by atoms with Gasteiger partial charge in [-0.3, -0.25) is 4.79 Å². The molecule has 1 unspecified atom stereocenters. The second-order valence-corrected chi connectivity index (χ2v) is 8.91. The average molecular weight is 423 g/mol. The monoisotopic (exact) mass is 422 g/mol. The van der Waals surface area contributed by atoms with Crippen molar-refractivity contribution in [2.24, 2.45) is 0 Å². The number of nitrogens with zero attached hydrogens (tertiary/aromatic N) is 1. The van der Waals surface area contributed by atoms with Crippen LogP contribution in [0, 0.1) is 0 Å². The highest BCUT2D eigenvalue weighted by Gasteiger charge is 2.27. The molecule has 5 nitrogen and oxygen atoms in total. The third-order valence-electron chi connectivity index (χ3n) is 7.01. The minimum absolute atomic E-state index is 0.0764. The van der Waals surface area contributed by atoms with Crippen molar-refractivity contribution in [1.82, 2.24) is 20.6 Å². The first-order valence-electron chi connectivity index (χ1n) is 11.4. The molecule has 4 aromatic rings. The van der Waals surface area contributed by atoms with Crippen molar-refractivity contribution in [2.75, 3.05) is 13.6 Å². The lowest BCUT2D eigenvalue weighted by molar-refractivity contribution is 0.0963. The van der Waals surface area contributed by atoms with E-state index in [1.807, 2.05) is 36.7 Å². The van der Waals surface area contributed by atoms with Crippen molar-refractivity contribution in [3.8, 4) is 22.3 Å². The van der Waals surface area contributed by atoms with Gasteiger partial charge in [-0.2, -0.15) is 0 Å². The second kappa shape index (κ2) is 7.61. The van der Waals surface area contributed by atoms with E-state index < -0.39 is 0 Å². The number of amides is 1. The Morgan fingerprint density at radius 1 is 1.06 bits per heavy atom. The lowest BCUT2D eigenvalue weighted by Crippen LogP contribution is -2.31. The summed E-state index contributed by atoms with van der Waals surface area (Å²) < 4.78 is 0. The highest BCUT2D eigenvalue weighted by atomic mass is 16.1. The fourth-order valence-corrected chi connectivity index (χ4v) is 5.44. The van der Waals surface area contributed by atoms with Crippen LogP contribution in [0.2, 0.25) is 0 Å². The van der Waals surface area contributed by atoms with Crippen LogP contribution in [0.25, 0.3) is 33.3 Å². The highest BCUT2D eigenvalue weighted by Crippen LogP contribution is 2.39. The maximum atomic E-state index is 11.9. The SMILES string of the molecule is CNC(=O)c1ccc(-c2c[nH]c3ncc(-c4cc5c6c(c4)CNCC6CCC5)cc23)cc1. The number of aryl methyl sites for hydroxylation is 1. The van der Waals surface area contributed by atoms with Crippen molar-refractivity contribution in [3.05, 3.63) is 77.1 Å². The fraction of sp³-hybridized carbons (Fsp3) is 0.259. The van der Waals surface area contributed by atoms with Crippen molar-refractivity contribution >= 4 is 16.9 Å². The van der Waals surface area contributed by atoms with Crippen molar-refractivity contribution in [1.29, 1.82) is 0 Å². The number of rotatable bonds is 3. The number of H-pyrrole nitrogens is 1. The summed E-state index contributed by atoms with van der Waals surface area (Å²) >= 11 is 0. The zero-order valence-corrected chi connectivity index (χ0v) is 18.2. The number of fused-ring (bicyclic) bond motifs is 1. The molecule has 0 spiro atoms. The van der Waals surface area contributed by atoms with Crippen LogP contribution in [0.3, 0.4) is 0 Å². The van der Waals surface area contributed by atoms with E-state index in [-0.39, 0.29) is 5.91 Å². The van der Waals surface area contributed by atoms with E-state index >= 15 is 0 Å². The Morgan fingerprint density at radius 3 is 2.75 bits per heavy atom. The van der Waals surface area contributed by atoms with Crippen LogP contribution in [0.1, 0.15) is 45.8 Å². The van der Waals surface area contributed by atoms with Crippen LogP contribution >= 0.6 is 0 Å². The van der Waals surface area contributed by atoms with Gasteiger partial charge in [-0.25, -0.2) is 4.98 Å².